The van der Waals surface area contributed by atoms with Crippen LogP contribution >= 0.6 is 0 Å². The second-order valence-electron chi connectivity index (χ2n) is 10.2. The number of anilines is 2. The van der Waals surface area contributed by atoms with E-state index in [0.717, 1.165) is 6.07 Å². The lowest BCUT2D eigenvalue weighted by molar-refractivity contribution is -0.124. The molecule has 4 atom stereocenters. The van der Waals surface area contributed by atoms with Crippen molar-refractivity contribution in [2.45, 2.75) is 59.4 Å². The summed E-state index contributed by atoms with van der Waals surface area (Å²) in [4.78, 5) is 50.4. The summed E-state index contributed by atoms with van der Waals surface area (Å²) < 4.78 is 21.3. The van der Waals surface area contributed by atoms with Crippen molar-refractivity contribution in [1.29, 1.82) is 0 Å². The van der Waals surface area contributed by atoms with E-state index >= 15 is 0 Å². The average Bonchev–Trinajstić information content (AvgIpc) is 2.96. The van der Waals surface area contributed by atoms with E-state index in [2.05, 4.69) is 10.6 Å². The van der Waals surface area contributed by atoms with Gasteiger partial charge in [0.2, 0.25) is 0 Å². The Labute approximate surface area is 256 Å². The fourth-order valence-corrected chi connectivity index (χ4v) is 4.56. The van der Waals surface area contributed by atoms with Gasteiger partial charge in [0.05, 0.1) is 18.0 Å². The van der Waals surface area contributed by atoms with Gasteiger partial charge >= 0.3 is 12.2 Å². The molecule has 13 nitrogen and oxygen atoms in total. The smallest absolute Gasteiger partial charge is 0.411 e. The molecule has 1 unspecified atom stereocenters. The van der Waals surface area contributed by atoms with Gasteiger partial charge in [0.15, 0.2) is 5.78 Å². The van der Waals surface area contributed by atoms with Crippen molar-refractivity contribution in [2.24, 2.45) is 11.7 Å². The van der Waals surface area contributed by atoms with Crippen molar-refractivity contribution in [3.8, 4) is 11.5 Å². The lowest BCUT2D eigenvalue weighted by atomic mass is 9.93. The molecule has 1 aliphatic rings. The van der Waals surface area contributed by atoms with Crippen molar-refractivity contribution in [1.82, 2.24) is 0 Å². The van der Waals surface area contributed by atoms with Crippen LogP contribution in [0.15, 0.2) is 47.1 Å². The number of nitrogens with one attached hydrogen (secondary N) is 2. The number of primary amides is 1. The number of benzene rings is 1. The van der Waals surface area contributed by atoms with Gasteiger partial charge in [-0.15, -0.1) is 0 Å². The monoisotopic (exact) mass is 615 g/mol. The molecule has 0 saturated carbocycles. The maximum atomic E-state index is 13.4. The van der Waals surface area contributed by atoms with E-state index in [1.165, 1.54) is 39.4 Å². The number of ketones is 1. The van der Waals surface area contributed by atoms with Gasteiger partial charge in [0.25, 0.3) is 5.91 Å². The topological polar surface area (TPSA) is 196 Å². The molecule has 1 heterocycles. The SMILES string of the molecule is CCOC(=O)Nc1c(O)cc2c(O)c1C=C(C)C[C@H](OC)C(=O)C(C)=CC(C)[C@H](OC(N)=O)[C@@H](OC)C=CC=C(C)C(=O)N2. The number of aromatic hydroxyl groups is 2. The van der Waals surface area contributed by atoms with Crippen LogP contribution in [-0.4, -0.2) is 73.2 Å². The molecular weight excluding hydrogens is 574 g/mol. The quantitative estimate of drug-likeness (QED) is 0.231. The molecule has 44 heavy (non-hydrogen) atoms. The first-order chi connectivity index (χ1) is 20.7. The zero-order valence-electron chi connectivity index (χ0n) is 25.9. The zero-order chi connectivity index (χ0) is 33.1. The Morgan fingerprint density at radius 1 is 1.11 bits per heavy atom. The van der Waals surface area contributed by atoms with Crippen molar-refractivity contribution in [2.75, 3.05) is 31.5 Å². The third-order valence-corrected chi connectivity index (χ3v) is 6.82. The lowest BCUT2D eigenvalue weighted by Crippen LogP contribution is -2.38. The van der Waals surface area contributed by atoms with Gasteiger partial charge in [0, 0.05) is 43.8 Å². The number of fused-ring (bicyclic) bond motifs is 2. The number of phenols is 2. The number of amides is 3. The number of carbonyl (C=O) groups excluding carboxylic acids is 4. The number of phenolic OH excluding ortho intramolecular Hbond substituents is 2. The summed E-state index contributed by atoms with van der Waals surface area (Å²) in [6, 6.07) is 1.08. The standard InChI is InChI=1S/C31H41N3O10/c1-8-43-31(40)34-25-20-12-16(2)13-24(42-7)26(36)18(4)14-19(5)28(44-30(32)39)23(41-6)11-9-10-17(3)29(38)33-21(27(20)37)15-22(25)35/h9-12,14-15,19,23-24,28,35,37H,8,13H2,1-7H3,(H2,32,39)(H,33,38)(H,34,40)/t19?,23-,24-,28-/m0/s1. The Hall–Kier alpha value is -4.62. The van der Waals surface area contributed by atoms with E-state index < -0.39 is 53.8 Å². The number of carbonyl (C=O) groups is 4. The van der Waals surface area contributed by atoms with Gasteiger partial charge in [-0.1, -0.05) is 36.8 Å². The van der Waals surface area contributed by atoms with Crippen LogP contribution in [0.4, 0.5) is 21.0 Å². The Balaban J connectivity index is 2.77. The number of methoxy groups -OCH3 is 2. The molecule has 0 aliphatic carbocycles. The molecule has 0 radical (unpaired) electrons. The summed E-state index contributed by atoms with van der Waals surface area (Å²) in [6.07, 6.45) is 3.07. The first kappa shape index (κ1) is 35.6. The van der Waals surface area contributed by atoms with Crippen LogP contribution in [0.1, 0.15) is 46.6 Å². The number of allylic oxidation sites excluding steroid dienone is 2. The summed E-state index contributed by atoms with van der Waals surface area (Å²) in [7, 11) is 2.78. The lowest BCUT2D eigenvalue weighted by Gasteiger charge is -2.27. The normalized spacial score (nSPS) is 21.8. The van der Waals surface area contributed by atoms with Crippen molar-refractivity contribution < 1.29 is 48.3 Å². The summed E-state index contributed by atoms with van der Waals surface area (Å²) in [5, 5.41) is 27.0. The fraction of sp³-hybridized carbons (Fsp3) is 0.419. The highest BCUT2D eigenvalue weighted by molar-refractivity contribution is 6.06. The maximum Gasteiger partial charge on any atom is 0.411 e. The van der Waals surface area contributed by atoms with Crippen LogP contribution < -0.4 is 16.4 Å². The van der Waals surface area contributed by atoms with Gasteiger partial charge in [-0.2, -0.15) is 0 Å². The Morgan fingerprint density at radius 3 is 2.39 bits per heavy atom. The minimum Gasteiger partial charge on any atom is -0.506 e. The predicted octanol–water partition coefficient (Wildman–Crippen LogP) is 4.56. The minimum atomic E-state index is -1.03. The van der Waals surface area contributed by atoms with E-state index in [0.29, 0.717) is 11.1 Å². The van der Waals surface area contributed by atoms with Crippen molar-refractivity contribution >= 4 is 41.3 Å². The molecule has 240 valence electrons. The van der Waals surface area contributed by atoms with Gasteiger partial charge < -0.3 is 40.2 Å². The highest BCUT2D eigenvalue weighted by Gasteiger charge is 2.29. The Bertz CT molecular complexity index is 1380. The van der Waals surface area contributed by atoms with E-state index in [9.17, 15) is 29.4 Å². The third-order valence-electron chi connectivity index (χ3n) is 6.82. The number of rotatable bonds is 5. The number of nitrogens with two attached hydrogens (primary N) is 1. The molecule has 1 aromatic carbocycles. The molecule has 3 amide bonds. The summed E-state index contributed by atoms with van der Waals surface area (Å²) in [5.41, 5.74) is 6.02. The zero-order valence-corrected chi connectivity index (χ0v) is 25.9. The van der Waals surface area contributed by atoms with E-state index in [1.54, 1.807) is 39.8 Å². The third kappa shape index (κ3) is 9.44. The van der Waals surface area contributed by atoms with Crippen LogP contribution in [0, 0.1) is 5.92 Å². The first-order valence-electron chi connectivity index (χ1n) is 13.8. The van der Waals surface area contributed by atoms with E-state index in [-0.39, 0.29) is 41.3 Å². The van der Waals surface area contributed by atoms with Crippen LogP contribution in [-0.2, 0) is 28.5 Å². The van der Waals surface area contributed by atoms with E-state index in [1.807, 2.05) is 0 Å². The minimum absolute atomic E-state index is 0.0390. The van der Waals surface area contributed by atoms with Gasteiger partial charge in [0.1, 0.15) is 29.8 Å². The van der Waals surface area contributed by atoms with Gasteiger partial charge in [-0.3, -0.25) is 14.9 Å². The molecule has 13 heteroatoms. The van der Waals surface area contributed by atoms with Crippen molar-refractivity contribution in [3.63, 3.8) is 0 Å². The molecule has 0 fully saturated rings. The number of hydrogen-bond acceptors (Lipinski definition) is 10. The summed E-state index contributed by atoms with van der Waals surface area (Å²) in [6.45, 7) is 8.17. The molecular formula is C31H41N3O10. The fourth-order valence-electron chi connectivity index (χ4n) is 4.56. The molecule has 2 bridgehead atoms. The Morgan fingerprint density at radius 2 is 1.80 bits per heavy atom. The number of hydrogen-bond donors (Lipinski definition) is 5. The van der Waals surface area contributed by atoms with Gasteiger partial charge in [-0.25, -0.2) is 9.59 Å². The highest BCUT2D eigenvalue weighted by atomic mass is 16.6. The second kappa shape index (κ2) is 16.3. The molecule has 2 rings (SSSR count). The predicted molar refractivity (Wildman–Crippen MR) is 164 cm³/mol. The van der Waals surface area contributed by atoms with Crippen LogP contribution in [0.3, 0.4) is 0 Å². The molecule has 0 saturated heterocycles. The summed E-state index contributed by atoms with van der Waals surface area (Å²) >= 11 is 0. The molecule has 1 aromatic rings. The molecule has 0 spiro atoms. The first-order valence-corrected chi connectivity index (χ1v) is 13.8. The van der Waals surface area contributed by atoms with Crippen LogP contribution in [0.2, 0.25) is 0 Å². The highest BCUT2D eigenvalue weighted by Crippen LogP contribution is 2.42. The second-order valence-corrected chi connectivity index (χ2v) is 10.2. The maximum absolute atomic E-state index is 13.4. The van der Waals surface area contributed by atoms with Crippen molar-refractivity contribution in [3.05, 3.63) is 52.7 Å². The van der Waals surface area contributed by atoms with Gasteiger partial charge in [-0.05, 0) is 39.3 Å². The van der Waals surface area contributed by atoms with Crippen LogP contribution in [0.5, 0.6) is 11.5 Å². The number of Topliss-reactive ketones (excluding diaryl/α,β-unsaturated/α-hetero) is 1. The number of ether oxygens (including phenoxy) is 4. The molecule has 1 aliphatic heterocycles. The average molecular weight is 616 g/mol. The molecule has 6 N–H and O–H groups in total. The Kier molecular flexibility index (Phi) is 13.2. The largest absolute Gasteiger partial charge is 0.506 e. The summed E-state index contributed by atoms with van der Waals surface area (Å²) in [5.74, 6) is -2.43. The molecule has 0 aromatic heterocycles. The van der Waals surface area contributed by atoms with Crippen LogP contribution in [0.25, 0.3) is 6.08 Å². The van der Waals surface area contributed by atoms with E-state index in [4.69, 9.17) is 24.7 Å².